The molecule has 2 fully saturated rings. The Labute approximate surface area is 196 Å². The largest absolute Gasteiger partial charge is 0.361 e. The van der Waals surface area contributed by atoms with E-state index >= 15 is 0 Å². The maximum atomic E-state index is 13.0. The van der Waals surface area contributed by atoms with Crippen LogP contribution in [0.2, 0.25) is 0 Å². The number of nitrogens with zero attached hydrogens (tertiary/aromatic N) is 1. The number of fused-ring (bicyclic) bond motifs is 1. The number of allylic oxidation sites excluding steroid dienone is 1. The number of carbonyl (C=O) groups excluding carboxylic acids is 5. The average molecular weight is 457 g/mol. The van der Waals surface area contributed by atoms with Gasteiger partial charge in [0.15, 0.2) is 11.6 Å². The van der Waals surface area contributed by atoms with E-state index in [4.69, 9.17) is 0 Å². The summed E-state index contributed by atoms with van der Waals surface area (Å²) in [6, 6.07) is 14.1. The third kappa shape index (κ3) is 3.91. The molecule has 1 saturated heterocycles. The van der Waals surface area contributed by atoms with Crippen LogP contribution in [0.15, 0.2) is 60.3 Å². The van der Waals surface area contributed by atoms with E-state index in [1.807, 2.05) is 30.3 Å². The summed E-state index contributed by atoms with van der Waals surface area (Å²) in [5.74, 6) is -1.86. The fourth-order valence-electron chi connectivity index (χ4n) is 4.87. The minimum atomic E-state index is -0.708. The molecule has 1 aliphatic carbocycles. The van der Waals surface area contributed by atoms with Gasteiger partial charge in [-0.05, 0) is 30.5 Å². The molecule has 2 unspecified atom stereocenters. The number of nitrogens with one attached hydrogen (secondary N) is 2. The fraction of sp³-hybridized carbons (Fsp3) is 0.269. The first kappa shape index (κ1) is 21.8. The van der Waals surface area contributed by atoms with Crippen molar-refractivity contribution in [2.75, 3.05) is 5.32 Å². The molecule has 0 radical (unpaired) electrons. The molecule has 0 spiro atoms. The first-order chi connectivity index (χ1) is 16.4. The molecular weight excluding hydrogens is 434 g/mol. The quantitative estimate of drug-likeness (QED) is 0.404. The van der Waals surface area contributed by atoms with Crippen LogP contribution in [-0.4, -0.2) is 40.2 Å². The Morgan fingerprint density at radius 2 is 1.79 bits per heavy atom. The van der Waals surface area contributed by atoms with E-state index in [-0.39, 0.29) is 60.7 Å². The highest BCUT2D eigenvalue weighted by Crippen LogP contribution is 2.33. The number of benzene rings is 2. The van der Waals surface area contributed by atoms with Crippen molar-refractivity contribution in [3.63, 3.8) is 0 Å². The zero-order chi connectivity index (χ0) is 23.8. The van der Waals surface area contributed by atoms with Crippen molar-refractivity contribution in [3.05, 3.63) is 77.0 Å². The van der Waals surface area contributed by atoms with E-state index in [0.717, 1.165) is 5.56 Å². The van der Waals surface area contributed by atoms with Crippen LogP contribution in [0.1, 0.15) is 40.7 Å². The number of carbonyl (C=O) groups is 5. The van der Waals surface area contributed by atoms with Crippen LogP contribution in [0.3, 0.4) is 0 Å². The van der Waals surface area contributed by atoms with Gasteiger partial charge in [-0.1, -0.05) is 36.4 Å². The summed E-state index contributed by atoms with van der Waals surface area (Å²) in [5, 5.41) is 5.35. The summed E-state index contributed by atoms with van der Waals surface area (Å²) in [5.41, 5.74) is 2.88. The third-order valence-electron chi connectivity index (χ3n) is 6.65. The Bertz CT molecular complexity index is 1250. The molecular formula is C26H23N3O5. The number of Topliss-reactive ketones (excluding diaryl/α,β-unsaturated/α-hetero) is 2. The number of hydrogen-bond donors (Lipinski definition) is 2. The number of hydrogen-bond acceptors (Lipinski definition) is 6. The average Bonchev–Trinajstić information content (AvgIpc) is 3.29. The van der Waals surface area contributed by atoms with Gasteiger partial charge in [-0.25, -0.2) is 0 Å². The van der Waals surface area contributed by atoms with Crippen LogP contribution >= 0.6 is 0 Å². The van der Waals surface area contributed by atoms with Gasteiger partial charge in [0, 0.05) is 48.3 Å². The molecule has 172 valence electrons. The van der Waals surface area contributed by atoms with Crippen LogP contribution in [0.25, 0.3) is 0 Å². The first-order valence-electron chi connectivity index (χ1n) is 11.3. The summed E-state index contributed by atoms with van der Waals surface area (Å²) in [6.45, 7) is 0.200. The van der Waals surface area contributed by atoms with Gasteiger partial charge in [0.1, 0.15) is 6.04 Å². The zero-order valence-electron chi connectivity index (χ0n) is 18.4. The van der Waals surface area contributed by atoms with Gasteiger partial charge in [0.25, 0.3) is 5.91 Å². The van der Waals surface area contributed by atoms with Crippen molar-refractivity contribution < 1.29 is 24.0 Å². The Morgan fingerprint density at radius 1 is 1.00 bits per heavy atom. The van der Waals surface area contributed by atoms with Gasteiger partial charge in [-0.2, -0.15) is 0 Å². The second-order valence-electron chi connectivity index (χ2n) is 8.81. The fourth-order valence-corrected chi connectivity index (χ4v) is 4.87. The van der Waals surface area contributed by atoms with Crippen LogP contribution in [0.5, 0.6) is 0 Å². The predicted octanol–water partition coefficient (Wildman–Crippen LogP) is 2.14. The zero-order valence-corrected chi connectivity index (χ0v) is 18.4. The lowest BCUT2D eigenvalue weighted by Crippen LogP contribution is -2.52. The normalized spacial score (nSPS) is 23.5. The Kier molecular flexibility index (Phi) is 5.57. The molecule has 8 heteroatoms. The number of anilines is 1. The van der Waals surface area contributed by atoms with Gasteiger partial charge in [-0.3, -0.25) is 29.3 Å². The van der Waals surface area contributed by atoms with Crippen LogP contribution in [0, 0.1) is 5.92 Å². The molecule has 3 amide bonds. The lowest BCUT2D eigenvalue weighted by molar-refractivity contribution is -0.137. The summed E-state index contributed by atoms with van der Waals surface area (Å²) in [7, 11) is 0. The SMILES string of the molecule is O=C1CCC(N2Cc3c(N/C=C4\C(=O)CC(Cc5ccccc5)C4=O)cccc3C2=O)C(=O)N1. The van der Waals surface area contributed by atoms with Crippen LogP contribution in [0.4, 0.5) is 5.69 Å². The van der Waals surface area contributed by atoms with Crippen molar-refractivity contribution in [1.29, 1.82) is 0 Å². The van der Waals surface area contributed by atoms with Crippen molar-refractivity contribution in [3.8, 4) is 0 Å². The van der Waals surface area contributed by atoms with Crippen LogP contribution < -0.4 is 10.6 Å². The van der Waals surface area contributed by atoms with E-state index in [1.54, 1.807) is 18.2 Å². The van der Waals surface area contributed by atoms with Gasteiger partial charge < -0.3 is 10.2 Å². The Balaban J connectivity index is 1.33. The van der Waals surface area contributed by atoms with E-state index in [1.165, 1.54) is 11.1 Å². The summed E-state index contributed by atoms with van der Waals surface area (Å²) in [6.07, 6.45) is 2.59. The number of ketones is 2. The van der Waals surface area contributed by atoms with E-state index < -0.39 is 11.9 Å². The molecule has 0 bridgehead atoms. The van der Waals surface area contributed by atoms with Gasteiger partial charge in [0.05, 0.1) is 5.57 Å². The lowest BCUT2D eigenvalue weighted by atomic mass is 9.97. The number of piperidine rings is 1. The highest BCUT2D eigenvalue weighted by atomic mass is 16.2. The molecule has 34 heavy (non-hydrogen) atoms. The van der Waals surface area contributed by atoms with Crippen LogP contribution in [-0.2, 0) is 32.1 Å². The van der Waals surface area contributed by atoms with Crippen molar-refractivity contribution in [2.45, 2.75) is 38.3 Å². The van der Waals surface area contributed by atoms with Crippen molar-refractivity contribution in [2.24, 2.45) is 5.92 Å². The van der Waals surface area contributed by atoms with Gasteiger partial charge >= 0.3 is 0 Å². The lowest BCUT2D eigenvalue weighted by Gasteiger charge is -2.29. The first-order valence-corrected chi connectivity index (χ1v) is 11.3. The topological polar surface area (TPSA) is 113 Å². The molecule has 2 N–H and O–H groups in total. The summed E-state index contributed by atoms with van der Waals surface area (Å²) < 4.78 is 0. The van der Waals surface area contributed by atoms with E-state index in [9.17, 15) is 24.0 Å². The molecule has 2 aliphatic heterocycles. The predicted molar refractivity (Wildman–Crippen MR) is 122 cm³/mol. The highest BCUT2D eigenvalue weighted by molar-refractivity contribution is 6.26. The van der Waals surface area contributed by atoms with Gasteiger partial charge in [-0.15, -0.1) is 0 Å². The molecule has 0 aromatic heterocycles. The number of amides is 3. The molecule has 8 nitrogen and oxygen atoms in total. The smallest absolute Gasteiger partial charge is 0.255 e. The highest BCUT2D eigenvalue weighted by Gasteiger charge is 2.40. The van der Waals surface area contributed by atoms with Crippen molar-refractivity contribution >= 4 is 35.0 Å². The second-order valence-corrected chi connectivity index (χ2v) is 8.81. The molecule has 2 aromatic carbocycles. The molecule has 2 heterocycles. The standard InChI is InChI=1S/C26H23N3O5/c30-22-12-16(11-15-5-2-1-3-6-15)24(32)18(22)13-27-20-8-4-7-17-19(20)14-29(26(17)34)21-9-10-23(31)28-25(21)33/h1-8,13,16,21,27H,9-12,14H2,(H,28,31,33)/b18-13+. The van der Waals surface area contributed by atoms with E-state index in [0.29, 0.717) is 23.2 Å². The summed E-state index contributed by atoms with van der Waals surface area (Å²) in [4.78, 5) is 63.6. The molecule has 2 atom stereocenters. The minimum Gasteiger partial charge on any atom is -0.361 e. The Morgan fingerprint density at radius 3 is 2.56 bits per heavy atom. The Hall–Kier alpha value is -4.07. The maximum absolute atomic E-state index is 13.0. The number of rotatable bonds is 5. The third-order valence-corrected chi connectivity index (χ3v) is 6.65. The summed E-state index contributed by atoms with van der Waals surface area (Å²) >= 11 is 0. The molecule has 5 rings (SSSR count). The molecule has 1 saturated carbocycles. The maximum Gasteiger partial charge on any atom is 0.255 e. The monoisotopic (exact) mass is 457 g/mol. The van der Waals surface area contributed by atoms with Gasteiger partial charge in [0.2, 0.25) is 11.8 Å². The van der Waals surface area contributed by atoms with Crippen molar-refractivity contribution in [1.82, 2.24) is 10.2 Å². The molecule has 2 aromatic rings. The number of imide groups is 1. The minimum absolute atomic E-state index is 0.130. The second kappa shape index (κ2) is 8.70. The molecule has 3 aliphatic rings. The van der Waals surface area contributed by atoms with E-state index in [2.05, 4.69) is 10.6 Å².